The van der Waals surface area contributed by atoms with Crippen LogP contribution in [0.2, 0.25) is 0 Å². The molecule has 0 unspecified atom stereocenters. The molecule has 0 fully saturated rings. The van der Waals surface area contributed by atoms with E-state index in [-0.39, 0.29) is 5.91 Å². The van der Waals surface area contributed by atoms with Crippen LogP contribution in [0, 0.1) is 18.3 Å². The van der Waals surface area contributed by atoms with Crippen LogP contribution >= 0.6 is 15.9 Å². The molecule has 0 aromatic heterocycles. The summed E-state index contributed by atoms with van der Waals surface area (Å²) < 4.78 is 0.825. The molecule has 0 spiro atoms. The predicted octanol–water partition coefficient (Wildman–Crippen LogP) is 3.46. The van der Waals surface area contributed by atoms with Gasteiger partial charge in [0, 0.05) is 15.7 Å². The van der Waals surface area contributed by atoms with Gasteiger partial charge in [0.2, 0.25) is 0 Å². The Hall–Kier alpha value is -2.32. The summed E-state index contributed by atoms with van der Waals surface area (Å²) >= 11 is 3.34. The van der Waals surface area contributed by atoms with E-state index in [9.17, 15) is 4.79 Å². The molecule has 20 heavy (non-hydrogen) atoms. The average Bonchev–Trinajstić information content (AvgIpc) is 2.43. The molecule has 100 valence electrons. The van der Waals surface area contributed by atoms with Crippen molar-refractivity contribution in [1.82, 2.24) is 0 Å². The maximum Gasteiger partial charge on any atom is 0.256 e. The fourth-order valence-electron chi connectivity index (χ4n) is 1.79. The van der Waals surface area contributed by atoms with Crippen molar-refractivity contribution < 1.29 is 4.79 Å². The molecule has 0 atom stereocenters. The molecule has 1 amide bonds. The minimum Gasteiger partial charge on any atom is -0.399 e. The van der Waals surface area contributed by atoms with Crippen molar-refractivity contribution in [3.05, 3.63) is 57.6 Å². The summed E-state index contributed by atoms with van der Waals surface area (Å²) in [4.78, 5) is 12.3. The Morgan fingerprint density at radius 3 is 2.75 bits per heavy atom. The lowest BCUT2D eigenvalue weighted by Gasteiger charge is -2.10. The number of nitriles is 1. The van der Waals surface area contributed by atoms with Gasteiger partial charge < -0.3 is 11.1 Å². The lowest BCUT2D eigenvalue weighted by Crippen LogP contribution is -2.14. The molecule has 4 nitrogen and oxygen atoms in total. The maximum atomic E-state index is 12.3. The summed E-state index contributed by atoms with van der Waals surface area (Å²) in [6.07, 6.45) is 0. The molecule has 2 aromatic rings. The first-order valence-corrected chi connectivity index (χ1v) is 6.67. The highest BCUT2D eigenvalue weighted by atomic mass is 79.9. The number of halogens is 1. The third-order valence-electron chi connectivity index (χ3n) is 2.86. The Morgan fingerprint density at radius 2 is 2.05 bits per heavy atom. The van der Waals surface area contributed by atoms with Gasteiger partial charge in [0.1, 0.15) is 6.07 Å². The van der Waals surface area contributed by atoms with Gasteiger partial charge in [-0.1, -0.05) is 22.0 Å². The zero-order chi connectivity index (χ0) is 14.7. The van der Waals surface area contributed by atoms with Crippen LogP contribution in [0.25, 0.3) is 0 Å². The number of hydrogen-bond acceptors (Lipinski definition) is 3. The van der Waals surface area contributed by atoms with E-state index >= 15 is 0 Å². The largest absolute Gasteiger partial charge is 0.399 e. The smallest absolute Gasteiger partial charge is 0.256 e. The van der Waals surface area contributed by atoms with Crippen molar-refractivity contribution in [1.29, 1.82) is 5.26 Å². The van der Waals surface area contributed by atoms with E-state index in [1.54, 1.807) is 18.2 Å². The molecular weight excluding hydrogens is 318 g/mol. The van der Waals surface area contributed by atoms with E-state index in [1.807, 2.05) is 25.1 Å². The summed E-state index contributed by atoms with van der Waals surface area (Å²) in [5.74, 6) is -0.259. The third-order valence-corrected chi connectivity index (χ3v) is 3.35. The number of nitrogens with zero attached hydrogens (tertiary/aromatic N) is 1. The fourth-order valence-corrected chi connectivity index (χ4v) is 2.15. The monoisotopic (exact) mass is 329 g/mol. The topological polar surface area (TPSA) is 78.9 Å². The minimum atomic E-state index is -0.259. The van der Waals surface area contributed by atoms with Crippen molar-refractivity contribution in [2.24, 2.45) is 0 Å². The van der Waals surface area contributed by atoms with Crippen LogP contribution in [0.1, 0.15) is 21.5 Å². The molecule has 3 N–H and O–H groups in total. The molecule has 0 heterocycles. The zero-order valence-corrected chi connectivity index (χ0v) is 12.4. The molecule has 0 radical (unpaired) electrons. The number of nitrogen functional groups attached to an aromatic ring is 1. The van der Waals surface area contributed by atoms with E-state index in [0.717, 1.165) is 10.0 Å². The number of carbonyl (C=O) groups is 1. The van der Waals surface area contributed by atoms with Crippen LogP contribution in [0.15, 0.2) is 40.9 Å². The van der Waals surface area contributed by atoms with E-state index in [0.29, 0.717) is 22.5 Å². The molecule has 0 saturated carbocycles. The van der Waals surface area contributed by atoms with Crippen LogP contribution in [-0.2, 0) is 0 Å². The predicted molar refractivity (Wildman–Crippen MR) is 82.4 cm³/mol. The Kier molecular flexibility index (Phi) is 4.06. The Bertz CT molecular complexity index is 720. The second-order valence-electron chi connectivity index (χ2n) is 4.33. The minimum absolute atomic E-state index is 0.259. The SMILES string of the molecule is Cc1ccc(Br)cc1C(=O)Nc1ccc(N)cc1C#N. The first kappa shape index (κ1) is 14.1. The summed E-state index contributed by atoms with van der Waals surface area (Å²) in [7, 11) is 0. The van der Waals surface area contributed by atoms with Crippen LogP contribution in [-0.4, -0.2) is 5.91 Å². The van der Waals surface area contributed by atoms with Crippen molar-refractivity contribution in [2.45, 2.75) is 6.92 Å². The molecule has 2 aromatic carbocycles. The second-order valence-corrected chi connectivity index (χ2v) is 5.25. The number of amides is 1. The number of rotatable bonds is 2. The number of carbonyl (C=O) groups excluding carboxylic acids is 1. The third kappa shape index (κ3) is 2.98. The first-order chi connectivity index (χ1) is 9.51. The second kappa shape index (κ2) is 5.76. The van der Waals surface area contributed by atoms with Crippen molar-refractivity contribution >= 4 is 33.2 Å². The van der Waals surface area contributed by atoms with Crippen molar-refractivity contribution in [2.75, 3.05) is 11.1 Å². The number of anilines is 2. The fraction of sp³-hybridized carbons (Fsp3) is 0.0667. The molecule has 2 rings (SSSR count). The van der Waals surface area contributed by atoms with Gasteiger partial charge in [-0.3, -0.25) is 4.79 Å². The highest BCUT2D eigenvalue weighted by Gasteiger charge is 2.12. The van der Waals surface area contributed by atoms with Gasteiger partial charge in [-0.2, -0.15) is 5.26 Å². The molecule has 0 aliphatic rings. The highest BCUT2D eigenvalue weighted by Crippen LogP contribution is 2.21. The van der Waals surface area contributed by atoms with Gasteiger partial charge in [-0.15, -0.1) is 0 Å². The van der Waals surface area contributed by atoms with Gasteiger partial charge in [-0.25, -0.2) is 0 Å². The first-order valence-electron chi connectivity index (χ1n) is 5.88. The number of nitrogens with one attached hydrogen (secondary N) is 1. The van der Waals surface area contributed by atoms with E-state index in [2.05, 4.69) is 21.2 Å². The lowest BCUT2D eigenvalue weighted by molar-refractivity contribution is 0.102. The number of hydrogen-bond donors (Lipinski definition) is 2. The normalized spacial score (nSPS) is 9.85. The molecular formula is C15H12BrN3O. The average molecular weight is 330 g/mol. The van der Waals surface area contributed by atoms with Gasteiger partial charge in [0.05, 0.1) is 11.3 Å². The van der Waals surface area contributed by atoms with Crippen LogP contribution in [0.4, 0.5) is 11.4 Å². The molecule has 0 saturated heterocycles. The van der Waals surface area contributed by atoms with Crippen molar-refractivity contribution in [3.63, 3.8) is 0 Å². The Morgan fingerprint density at radius 1 is 1.30 bits per heavy atom. The Balaban J connectivity index is 2.33. The van der Waals surface area contributed by atoms with E-state index in [1.165, 1.54) is 6.07 Å². The highest BCUT2D eigenvalue weighted by molar-refractivity contribution is 9.10. The summed E-state index contributed by atoms with van der Waals surface area (Å²) in [5, 5.41) is 11.8. The Labute approximate surface area is 125 Å². The van der Waals surface area contributed by atoms with Crippen LogP contribution in [0.5, 0.6) is 0 Å². The van der Waals surface area contributed by atoms with E-state index < -0.39 is 0 Å². The lowest BCUT2D eigenvalue weighted by atomic mass is 10.1. The quantitative estimate of drug-likeness (QED) is 0.828. The zero-order valence-electron chi connectivity index (χ0n) is 10.8. The molecule has 0 aliphatic heterocycles. The van der Waals surface area contributed by atoms with Gasteiger partial charge in [0.15, 0.2) is 0 Å². The van der Waals surface area contributed by atoms with Crippen LogP contribution < -0.4 is 11.1 Å². The molecule has 5 heteroatoms. The summed E-state index contributed by atoms with van der Waals surface area (Å²) in [6, 6.07) is 12.3. The number of aryl methyl sites for hydroxylation is 1. The van der Waals surface area contributed by atoms with Crippen LogP contribution in [0.3, 0.4) is 0 Å². The molecule has 0 aliphatic carbocycles. The van der Waals surface area contributed by atoms with Gasteiger partial charge >= 0.3 is 0 Å². The van der Waals surface area contributed by atoms with Gasteiger partial charge in [0.25, 0.3) is 5.91 Å². The van der Waals surface area contributed by atoms with E-state index in [4.69, 9.17) is 11.0 Å². The summed E-state index contributed by atoms with van der Waals surface area (Å²) in [6.45, 7) is 1.86. The molecule has 0 bridgehead atoms. The van der Waals surface area contributed by atoms with Crippen molar-refractivity contribution in [3.8, 4) is 6.07 Å². The summed E-state index contributed by atoms with van der Waals surface area (Å²) in [5.41, 5.74) is 8.31. The number of nitrogens with two attached hydrogens (primary N) is 1. The standard InChI is InChI=1S/C15H12BrN3O/c1-9-2-3-11(16)7-13(9)15(20)19-14-5-4-12(18)6-10(14)8-17/h2-7H,18H2,1H3,(H,19,20). The maximum absolute atomic E-state index is 12.3. The number of benzene rings is 2. The van der Waals surface area contributed by atoms with Gasteiger partial charge in [-0.05, 0) is 42.8 Å².